The highest BCUT2D eigenvalue weighted by molar-refractivity contribution is 5.79. The number of carboxylic acid groups (broad SMARTS) is 1. The van der Waals surface area contributed by atoms with Crippen LogP contribution in [-0.4, -0.2) is 29.6 Å². The Balaban J connectivity index is 1.87. The zero-order valence-corrected chi connectivity index (χ0v) is 12.8. The number of nitriles is 1. The minimum atomic E-state index is -0.856. The van der Waals surface area contributed by atoms with E-state index >= 15 is 0 Å². The van der Waals surface area contributed by atoms with Gasteiger partial charge in [-0.15, -0.1) is 0 Å². The molecule has 2 rings (SSSR count). The summed E-state index contributed by atoms with van der Waals surface area (Å²) in [6.45, 7) is -0.172. The van der Waals surface area contributed by atoms with E-state index in [4.69, 9.17) is 10.00 Å². The standard InChI is InChI=1S/C17H20N2O4/c18-10-12-6-8-13(9-7-12)23-11-16(20)19-15-5-3-1-2-4-14(15)17(21)22/h6-9,14-15H,1-5,11H2,(H,19,20)(H,21,22)/t14-,15+/m1/s1. The SMILES string of the molecule is N#Cc1ccc(OCC(=O)N[C@H]2CCCCC[C@H]2C(=O)O)cc1. The van der Waals surface area contributed by atoms with Crippen LogP contribution >= 0.6 is 0 Å². The summed E-state index contributed by atoms with van der Waals surface area (Å²) in [5.74, 6) is -1.22. The fourth-order valence-electron chi connectivity index (χ4n) is 2.80. The number of rotatable bonds is 5. The van der Waals surface area contributed by atoms with Gasteiger partial charge in [0, 0.05) is 6.04 Å². The van der Waals surface area contributed by atoms with Crippen molar-refractivity contribution in [3.8, 4) is 11.8 Å². The van der Waals surface area contributed by atoms with Crippen LogP contribution in [0.25, 0.3) is 0 Å². The summed E-state index contributed by atoms with van der Waals surface area (Å²) in [4.78, 5) is 23.3. The van der Waals surface area contributed by atoms with Gasteiger partial charge in [0.15, 0.2) is 6.61 Å². The van der Waals surface area contributed by atoms with Crippen LogP contribution in [0.3, 0.4) is 0 Å². The summed E-state index contributed by atoms with van der Waals surface area (Å²) in [5.41, 5.74) is 0.518. The van der Waals surface area contributed by atoms with Crippen molar-refractivity contribution in [3.63, 3.8) is 0 Å². The molecule has 1 aliphatic rings. The number of hydrogen-bond acceptors (Lipinski definition) is 4. The first-order chi connectivity index (χ1) is 11.1. The Morgan fingerprint density at radius 3 is 2.57 bits per heavy atom. The van der Waals surface area contributed by atoms with Gasteiger partial charge >= 0.3 is 5.97 Å². The molecule has 0 unspecified atom stereocenters. The number of amides is 1. The fourth-order valence-corrected chi connectivity index (χ4v) is 2.80. The zero-order valence-electron chi connectivity index (χ0n) is 12.8. The number of carbonyl (C=O) groups excluding carboxylic acids is 1. The van der Waals surface area contributed by atoms with Gasteiger partial charge < -0.3 is 15.2 Å². The lowest BCUT2D eigenvalue weighted by Crippen LogP contribution is -2.44. The normalized spacial score (nSPS) is 20.8. The Kier molecular flexibility index (Phi) is 5.98. The Hall–Kier alpha value is -2.55. The van der Waals surface area contributed by atoms with Crippen LogP contribution in [0.4, 0.5) is 0 Å². The van der Waals surface area contributed by atoms with Crippen LogP contribution in [0.2, 0.25) is 0 Å². The summed E-state index contributed by atoms with van der Waals surface area (Å²) in [5, 5.41) is 20.8. The minimum absolute atomic E-state index is 0.172. The van der Waals surface area contributed by atoms with Crippen LogP contribution in [0.5, 0.6) is 5.75 Å². The van der Waals surface area contributed by atoms with Crippen molar-refractivity contribution in [2.24, 2.45) is 5.92 Å². The van der Waals surface area contributed by atoms with E-state index in [1.165, 1.54) is 0 Å². The molecule has 0 spiro atoms. The van der Waals surface area contributed by atoms with E-state index in [1.807, 2.05) is 6.07 Å². The highest BCUT2D eigenvalue weighted by Crippen LogP contribution is 2.23. The average molecular weight is 316 g/mol. The molecule has 0 aromatic heterocycles. The van der Waals surface area contributed by atoms with Crippen molar-refractivity contribution in [3.05, 3.63) is 29.8 Å². The van der Waals surface area contributed by atoms with Crippen molar-refractivity contribution in [1.82, 2.24) is 5.32 Å². The number of hydrogen-bond donors (Lipinski definition) is 2. The lowest BCUT2D eigenvalue weighted by atomic mass is 9.95. The molecule has 1 aromatic rings. The smallest absolute Gasteiger partial charge is 0.308 e. The summed E-state index contributed by atoms with van der Waals surface area (Å²) in [6.07, 6.45) is 4.07. The lowest BCUT2D eigenvalue weighted by Gasteiger charge is -2.22. The van der Waals surface area contributed by atoms with Gasteiger partial charge in [0.1, 0.15) is 5.75 Å². The third-order valence-electron chi connectivity index (χ3n) is 4.03. The molecule has 0 saturated heterocycles. The molecular weight excluding hydrogens is 296 g/mol. The maximum atomic E-state index is 12.0. The zero-order chi connectivity index (χ0) is 16.7. The maximum Gasteiger partial charge on any atom is 0.308 e. The first-order valence-corrected chi connectivity index (χ1v) is 7.75. The van der Waals surface area contributed by atoms with Gasteiger partial charge in [0.2, 0.25) is 0 Å². The summed E-state index contributed by atoms with van der Waals surface area (Å²) in [6, 6.07) is 8.13. The van der Waals surface area contributed by atoms with E-state index in [0.29, 0.717) is 24.2 Å². The van der Waals surface area contributed by atoms with E-state index in [-0.39, 0.29) is 18.6 Å². The summed E-state index contributed by atoms with van der Waals surface area (Å²) >= 11 is 0. The molecule has 1 aliphatic carbocycles. The van der Waals surface area contributed by atoms with Crippen molar-refractivity contribution < 1.29 is 19.4 Å². The number of carboxylic acids is 1. The van der Waals surface area contributed by atoms with Crippen molar-refractivity contribution in [1.29, 1.82) is 5.26 Å². The van der Waals surface area contributed by atoms with Crippen LogP contribution in [-0.2, 0) is 9.59 Å². The largest absolute Gasteiger partial charge is 0.484 e. The molecule has 1 aromatic carbocycles. The maximum absolute atomic E-state index is 12.0. The predicted molar refractivity (Wildman–Crippen MR) is 82.8 cm³/mol. The predicted octanol–water partition coefficient (Wildman–Crippen LogP) is 2.09. The molecule has 2 N–H and O–H groups in total. The molecule has 122 valence electrons. The minimum Gasteiger partial charge on any atom is -0.484 e. The fraction of sp³-hybridized carbons (Fsp3) is 0.471. The molecular formula is C17H20N2O4. The van der Waals surface area contributed by atoms with Gasteiger partial charge in [-0.1, -0.05) is 19.3 Å². The molecule has 0 radical (unpaired) electrons. The molecule has 0 heterocycles. The topological polar surface area (TPSA) is 99.4 Å². The highest BCUT2D eigenvalue weighted by Gasteiger charge is 2.30. The second-order valence-corrected chi connectivity index (χ2v) is 5.68. The number of ether oxygens (including phenoxy) is 1. The second-order valence-electron chi connectivity index (χ2n) is 5.68. The van der Waals surface area contributed by atoms with Gasteiger partial charge in [0.25, 0.3) is 5.91 Å². The van der Waals surface area contributed by atoms with E-state index in [1.54, 1.807) is 24.3 Å². The highest BCUT2D eigenvalue weighted by atomic mass is 16.5. The number of benzene rings is 1. The Labute approximate surface area is 135 Å². The van der Waals surface area contributed by atoms with E-state index < -0.39 is 11.9 Å². The van der Waals surface area contributed by atoms with E-state index in [9.17, 15) is 14.7 Å². The van der Waals surface area contributed by atoms with Gasteiger partial charge in [-0.25, -0.2) is 0 Å². The monoisotopic (exact) mass is 316 g/mol. The Morgan fingerprint density at radius 2 is 1.91 bits per heavy atom. The van der Waals surface area contributed by atoms with E-state index in [0.717, 1.165) is 19.3 Å². The number of aliphatic carboxylic acids is 1. The second kappa shape index (κ2) is 8.18. The molecule has 0 aliphatic heterocycles. The molecule has 0 bridgehead atoms. The van der Waals surface area contributed by atoms with Gasteiger partial charge in [-0.3, -0.25) is 9.59 Å². The number of nitrogens with one attached hydrogen (secondary N) is 1. The summed E-state index contributed by atoms with van der Waals surface area (Å²) in [7, 11) is 0. The van der Waals surface area contributed by atoms with Crippen LogP contribution in [0.1, 0.15) is 37.7 Å². The lowest BCUT2D eigenvalue weighted by molar-refractivity contribution is -0.143. The molecule has 23 heavy (non-hydrogen) atoms. The quantitative estimate of drug-likeness (QED) is 0.810. The Morgan fingerprint density at radius 1 is 1.22 bits per heavy atom. The third kappa shape index (κ3) is 4.99. The number of carbonyl (C=O) groups is 2. The molecule has 1 fully saturated rings. The van der Waals surface area contributed by atoms with Gasteiger partial charge in [-0.2, -0.15) is 5.26 Å². The van der Waals surface area contributed by atoms with Crippen molar-refractivity contribution in [2.45, 2.75) is 38.1 Å². The Bertz CT molecular complexity index is 592. The van der Waals surface area contributed by atoms with Gasteiger partial charge in [0.05, 0.1) is 17.6 Å². The first-order valence-electron chi connectivity index (χ1n) is 7.75. The van der Waals surface area contributed by atoms with Crippen LogP contribution in [0, 0.1) is 17.2 Å². The molecule has 2 atom stereocenters. The average Bonchev–Trinajstić information content (AvgIpc) is 2.79. The van der Waals surface area contributed by atoms with Crippen LogP contribution in [0.15, 0.2) is 24.3 Å². The summed E-state index contributed by atoms with van der Waals surface area (Å²) < 4.78 is 5.37. The number of nitrogens with zero attached hydrogens (tertiary/aromatic N) is 1. The van der Waals surface area contributed by atoms with Crippen LogP contribution < -0.4 is 10.1 Å². The molecule has 6 nitrogen and oxygen atoms in total. The molecule has 6 heteroatoms. The first kappa shape index (κ1) is 16.8. The van der Waals surface area contributed by atoms with E-state index in [2.05, 4.69) is 5.32 Å². The van der Waals surface area contributed by atoms with Crippen molar-refractivity contribution >= 4 is 11.9 Å². The van der Waals surface area contributed by atoms with Gasteiger partial charge in [-0.05, 0) is 37.1 Å². The van der Waals surface area contributed by atoms with Crippen molar-refractivity contribution in [2.75, 3.05) is 6.61 Å². The third-order valence-corrected chi connectivity index (χ3v) is 4.03. The molecule has 1 saturated carbocycles. The molecule has 1 amide bonds.